The van der Waals surface area contributed by atoms with Gasteiger partial charge in [-0.2, -0.15) is 5.10 Å². The Bertz CT molecular complexity index is 1660. The number of anilines is 1. The van der Waals surface area contributed by atoms with Crippen LogP contribution in [0, 0.1) is 6.92 Å². The largest absolute Gasteiger partial charge is 0.497 e. The van der Waals surface area contributed by atoms with Gasteiger partial charge >= 0.3 is 0 Å². The van der Waals surface area contributed by atoms with E-state index in [0.29, 0.717) is 16.8 Å². The normalized spacial score (nSPS) is 11.5. The Balaban J connectivity index is 1.61. The molecule has 202 valence electrons. The average molecular weight is 587 g/mol. The highest BCUT2D eigenvalue weighted by atomic mass is 35.5. The number of amides is 1. The summed E-state index contributed by atoms with van der Waals surface area (Å²) in [5.41, 5.74) is 4.42. The molecule has 12 heteroatoms. The number of hydrazone groups is 1. The topological polar surface area (TPSA) is 110 Å². The van der Waals surface area contributed by atoms with Crippen LogP contribution in [-0.2, 0) is 14.8 Å². The van der Waals surface area contributed by atoms with E-state index in [4.69, 9.17) is 32.7 Å². The van der Waals surface area contributed by atoms with Crippen molar-refractivity contribution in [1.29, 1.82) is 0 Å². The number of aromatic nitrogens is 1. The standard InChI is InChI=1S/C27H24Cl2N4O5S/c1-17-4-9-22(10-5-17)39(35,36)33(24-13-20(28)7-11-25(24)38-3)16-26(34)32-30-15-19-12-18-6-8-21(37-2)14-23(18)31-27(19)29/h4-15H,16H2,1-3H3,(H,32,34)/b30-15-. The number of nitrogens with one attached hydrogen (secondary N) is 1. The van der Waals surface area contributed by atoms with Gasteiger partial charge in [-0.1, -0.05) is 40.9 Å². The van der Waals surface area contributed by atoms with Crippen LogP contribution in [0.1, 0.15) is 11.1 Å². The minimum Gasteiger partial charge on any atom is -0.497 e. The highest BCUT2D eigenvalue weighted by Crippen LogP contribution is 2.35. The summed E-state index contributed by atoms with van der Waals surface area (Å²) in [7, 11) is -1.24. The number of carbonyl (C=O) groups excluding carboxylic acids is 1. The van der Waals surface area contributed by atoms with Gasteiger partial charge in [-0.3, -0.25) is 9.10 Å². The summed E-state index contributed by atoms with van der Waals surface area (Å²) in [5.74, 6) is 0.150. The number of hydrogen-bond donors (Lipinski definition) is 1. The Morgan fingerprint density at radius 3 is 2.46 bits per heavy atom. The van der Waals surface area contributed by atoms with E-state index < -0.39 is 22.5 Å². The van der Waals surface area contributed by atoms with E-state index >= 15 is 0 Å². The minimum absolute atomic E-state index is 0.00270. The Morgan fingerprint density at radius 2 is 1.77 bits per heavy atom. The molecule has 1 aromatic heterocycles. The Kier molecular flexibility index (Phi) is 8.59. The number of carbonyl (C=O) groups is 1. The molecule has 1 N–H and O–H groups in total. The van der Waals surface area contributed by atoms with E-state index in [0.717, 1.165) is 15.3 Å². The van der Waals surface area contributed by atoms with E-state index in [2.05, 4.69) is 15.5 Å². The van der Waals surface area contributed by atoms with Crippen LogP contribution in [0.15, 0.2) is 76.7 Å². The number of aryl methyl sites for hydroxylation is 1. The van der Waals surface area contributed by atoms with Crippen molar-refractivity contribution in [3.05, 3.63) is 88.0 Å². The van der Waals surface area contributed by atoms with Crippen LogP contribution < -0.4 is 19.2 Å². The molecule has 1 heterocycles. The zero-order valence-corrected chi connectivity index (χ0v) is 23.5. The lowest BCUT2D eigenvalue weighted by molar-refractivity contribution is -0.119. The summed E-state index contributed by atoms with van der Waals surface area (Å²) < 4.78 is 38.8. The predicted molar refractivity (Wildman–Crippen MR) is 153 cm³/mol. The van der Waals surface area contributed by atoms with Crippen molar-refractivity contribution in [2.24, 2.45) is 5.10 Å². The fraction of sp³-hybridized carbons (Fsp3) is 0.148. The van der Waals surface area contributed by atoms with Crippen molar-refractivity contribution >= 4 is 61.9 Å². The van der Waals surface area contributed by atoms with E-state index in [1.54, 1.807) is 43.5 Å². The first-order valence-electron chi connectivity index (χ1n) is 11.5. The number of nitrogens with zero attached hydrogens (tertiary/aromatic N) is 3. The van der Waals surface area contributed by atoms with Gasteiger partial charge in [-0.15, -0.1) is 0 Å². The van der Waals surface area contributed by atoms with Gasteiger partial charge in [0.2, 0.25) is 0 Å². The van der Waals surface area contributed by atoms with Crippen LogP contribution in [0.2, 0.25) is 10.2 Å². The number of halogens is 2. The summed E-state index contributed by atoms with van der Waals surface area (Å²) in [6, 6.07) is 17.9. The lowest BCUT2D eigenvalue weighted by Gasteiger charge is -2.25. The molecule has 1 amide bonds. The SMILES string of the molecule is COc1ccc2cc(/C=N\NC(=O)CN(c3cc(Cl)ccc3OC)S(=O)(=O)c3ccc(C)cc3)c(Cl)nc2c1. The lowest BCUT2D eigenvalue weighted by atomic mass is 10.1. The molecule has 0 atom stereocenters. The van der Waals surface area contributed by atoms with Gasteiger partial charge < -0.3 is 9.47 Å². The molecule has 0 unspecified atom stereocenters. The molecule has 0 saturated heterocycles. The Labute approximate surface area is 236 Å². The highest BCUT2D eigenvalue weighted by Gasteiger charge is 2.29. The molecule has 0 bridgehead atoms. The first kappa shape index (κ1) is 28.2. The summed E-state index contributed by atoms with van der Waals surface area (Å²) in [5, 5.41) is 5.19. The maximum Gasteiger partial charge on any atom is 0.264 e. The molecule has 3 aromatic carbocycles. The molecule has 0 aliphatic heterocycles. The number of methoxy groups -OCH3 is 2. The van der Waals surface area contributed by atoms with Crippen LogP contribution in [0.4, 0.5) is 5.69 Å². The highest BCUT2D eigenvalue weighted by molar-refractivity contribution is 7.92. The quantitative estimate of drug-likeness (QED) is 0.164. The maximum absolute atomic E-state index is 13.6. The molecular formula is C27H24Cl2N4O5S. The van der Waals surface area contributed by atoms with E-state index in [1.807, 2.05) is 13.0 Å². The lowest BCUT2D eigenvalue weighted by Crippen LogP contribution is -2.39. The minimum atomic E-state index is -4.19. The summed E-state index contributed by atoms with van der Waals surface area (Å²) in [6.07, 6.45) is 1.33. The van der Waals surface area contributed by atoms with Crippen molar-refractivity contribution in [2.75, 3.05) is 25.1 Å². The zero-order chi connectivity index (χ0) is 28.2. The van der Waals surface area contributed by atoms with Crippen molar-refractivity contribution in [1.82, 2.24) is 10.4 Å². The molecule has 0 saturated carbocycles. The van der Waals surface area contributed by atoms with Crippen molar-refractivity contribution in [3.63, 3.8) is 0 Å². The van der Waals surface area contributed by atoms with Gasteiger partial charge in [-0.05, 0) is 55.5 Å². The summed E-state index contributed by atoms with van der Waals surface area (Å²) in [6.45, 7) is 1.24. The maximum atomic E-state index is 13.6. The van der Waals surface area contributed by atoms with Crippen molar-refractivity contribution in [2.45, 2.75) is 11.8 Å². The first-order chi connectivity index (χ1) is 18.6. The number of rotatable bonds is 9. The number of sulfonamides is 1. The Morgan fingerprint density at radius 1 is 1.03 bits per heavy atom. The fourth-order valence-corrected chi connectivity index (χ4v) is 5.48. The van der Waals surface area contributed by atoms with E-state index in [-0.39, 0.29) is 26.5 Å². The van der Waals surface area contributed by atoms with Crippen LogP contribution in [-0.4, -0.2) is 46.3 Å². The van der Waals surface area contributed by atoms with Crippen molar-refractivity contribution < 1.29 is 22.7 Å². The van der Waals surface area contributed by atoms with Crippen LogP contribution >= 0.6 is 23.2 Å². The second-order valence-electron chi connectivity index (χ2n) is 8.36. The van der Waals surface area contributed by atoms with Gasteiger partial charge in [0, 0.05) is 22.0 Å². The number of pyridine rings is 1. The number of hydrogen-bond acceptors (Lipinski definition) is 7. The second kappa shape index (κ2) is 11.9. The van der Waals surface area contributed by atoms with Crippen LogP contribution in [0.25, 0.3) is 10.9 Å². The average Bonchev–Trinajstić information content (AvgIpc) is 2.91. The molecule has 0 fully saturated rings. The molecule has 9 nitrogen and oxygen atoms in total. The third-order valence-corrected chi connectivity index (χ3v) is 8.02. The number of ether oxygens (including phenoxy) is 2. The van der Waals surface area contributed by atoms with Gasteiger partial charge in [0.15, 0.2) is 0 Å². The van der Waals surface area contributed by atoms with E-state index in [9.17, 15) is 13.2 Å². The monoisotopic (exact) mass is 586 g/mol. The molecule has 39 heavy (non-hydrogen) atoms. The molecule has 4 rings (SSSR count). The predicted octanol–water partition coefficient (Wildman–Crippen LogP) is 5.21. The molecule has 4 aromatic rings. The molecule has 0 spiro atoms. The summed E-state index contributed by atoms with van der Waals surface area (Å²) >= 11 is 12.5. The molecular weight excluding hydrogens is 563 g/mol. The van der Waals surface area contributed by atoms with Crippen LogP contribution in [0.5, 0.6) is 11.5 Å². The number of fused-ring (bicyclic) bond motifs is 1. The number of benzene rings is 3. The first-order valence-corrected chi connectivity index (χ1v) is 13.7. The van der Waals surface area contributed by atoms with Crippen LogP contribution in [0.3, 0.4) is 0 Å². The molecule has 0 aliphatic rings. The Hall–Kier alpha value is -3.86. The summed E-state index contributed by atoms with van der Waals surface area (Å²) in [4.78, 5) is 17.3. The smallest absolute Gasteiger partial charge is 0.264 e. The van der Waals surface area contributed by atoms with Gasteiger partial charge in [0.1, 0.15) is 23.2 Å². The second-order valence-corrected chi connectivity index (χ2v) is 11.0. The van der Waals surface area contributed by atoms with Gasteiger partial charge in [-0.25, -0.2) is 18.8 Å². The molecule has 0 radical (unpaired) electrons. The van der Waals surface area contributed by atoms with Crippen molar-refractivity contribution in [3.8, 4) is 11.5 Å². The fourth-order valence-electron chi connectivity index (χ4n) is 3.69. The molecule has 0 aliphatic carbocycles. The van der Waals surface area contributed by atoms with Gasteiger partial charge in [0.05, 0.1) is 36.5 Å². The van der Waals surface area contributed by atoms with E-state index in [1.165, 1.54) is 37.6 Å². The zero-order valence-electron chi connectivity index (χ0n) is 21.2. The van der Waals surface area contributed by atoms with Gasteiger partial charge in [0.25, 0.3) is 15.9 Å². The third kappa shape index (κ3) is 6.42. The third-order valence-electron chi connectivity index (χ3n) is 5.70.